The maximum absolute atomic E-state index is 12.1. The number of nitrogens with one attached hydrogen (secondary N) is 1. The van der Waals surface area contributed by atoms with Crippen molar-refractivity contribution in [2.24, 2.45) is 11.8 Å². The van der Waals surface area contributed by atoms with Gasteiger partial charge in [-0.15, -0.1) is 0 Å². The third-order valence-corrected chi connectivity index (χ3v) is 5.58. The van der Waals surface area contributed by atoms with Crippen LogP contribution in [0.2, 0.25) is 0 Å². The highest BCUT2D eigenvalue weighted by Gasteiger charge is 2.20. The molecule has 0 saturated heterocycles. The van der Waals surface area contributed by atoms with Crippen LogP contribution < -0.4 is 4.72 Å². The van der Waals surface area contributed by atoms with Crippen LogP contribution in [0.3, 0.4) is 0 Å². The first-order valence-corrected chi connectivity index (χ1v) is 9.30. The van der Waals surface area contributed by atoms with Crippen LogP contribution in [0.5, 0.6) is 0 Å². The monoisotopic (exact) mass is 311 g/mol. The highest BCUT2D eigenvalue weighted by atomic mass is 32.2. The second-order valence-corrected chi connectivity index (χ2v) is 8.02. The molecule has 21 heavy (non-hydrogen) atoms. The summed E-state index contributed by atoms with van der Waals surface area (Å²) >= 11 is 0. The first kappa shape index (κ1) is 16.5. The smallest absolute Gasteiger partial charge is 0.215 e. The van der Waals surface area contributed by atoms with Gasteiger partial charge in [-0.3, -0.25) is 0 Å². The fourth-order valence-electron chi connectivity index (χ4n) is 2.87. The van der Waals surface area contributed by atoms with E-state index in [4.69, 9.17) is 5.11 Å². The molecular weight excluding hydrogens is 286 g/mol. The number of benzene rings is 1. The normalized spacial score (nSPS) is 23.1. The summed E-state index contributed by atoms with van der Waals surface area (Å²) in [6.45, 7) is 2.74. The van der Waals surface area contributed by atoms with Crippen LogP contribution in [-0.2, 0) is 22.4 Å². The molecule has 4 nitrogen and oxygen atoms in total. The first-order chi connectivity index (χ1) is 9.98. The third kappa shape index (κ3) is 5.41. The Balaban J connectivity index is 1.86. The van der Waals surface area contributed by atoms with Gasteiger partial charge in [-0.05, 0) is 35.8 Å². The van der Waals surface area contributed by atoms with E-state index in [0.29, 0.717) is 18.0 Å². The minimum absolute atomic E-state index is 0.0238. The van der Waals surface area contributed by atoms with Gasteiger partial charge in [-0.1, -0.05) is 44.0 Å². The summed E-state index contributed by atoms with van der Waals surface area (Å²) in [4.78, 5) is 0. The summed E-state index contributed by atoms with van der Waals surface area (Å²) < 4.78 is 27.0. The molecule has 2 rings (SSSR count). The Morgan fingerprint density at radius 1 is 1.19 bits per heavy atom. The Hall–Kier alpha value is -0.910. The van der Waals surface area contributed by atoms with Gasteiger partial charge in [0.1, 0.15) is 0 Å². The summed E-state index contributed by atoms with van der Waals surface area (Å²) in [5.41, 5.74) is 1.45. The van der Waals surface area contributed by atoms with E-state index < -0.39 is 10.0 Å². The van der Waals surface area contributed by atoms with Gasteiger partial charge < -0.3 is 5.11 Å². The SMILES string of the molecule is CC1CCC(CNS(=O)(=O)Cc2cccc(CO)c2)CC1. The van der Waals surface area contributed by atoms with Crippen molar-refractivity contribution in [2.45, 2.75) is 45.0 Å². The van der Waals surface area contributed by atoms with E-state index in [1.807, 2.05) is 0 Å². The molecule has 1 aromatic carbocycles. The Kier molecular flexibility index (Phi) is 5.79. The third-order valence-electron chi connectivity index (χ3n) is 4.26. The predicted octanol–water partition coefficient (Wildman–Crippen LogP) is 2.42. The Morgan fingerprint density at radius 2 is 1.86 bits per heavy atom. The molecule has 1 aliphatic rings. The second kappa shape index (κ2) is 7.38. The lowest BCUT2D eigenvalue weighted by Crippen LogP contribution is -2.32. The van der Waals surface area contributed by atoms with Crippen molar-refractivity contribution in [1.82, 2.24) is 4.72 Å². The van der Waals surface area contributed by atoms with Crippen LogP contribution in [0.4, 0.5) is 0 Å². The van der Waals surface area contributed by atoms with E-state index in [0.717, 1.165) is 24.3 Å². The van der Waals surface area contributed by atoms with E-state index in [1.165, 1.54) is 12.8 Å². The Morgan fingerprint density at radius 3 is 2.52 bits per heavy atom. The Bertz CT molecular complexity index is 548. The zero-order valence-electron chi connectivity index (χ0n) is 12.6. The van der Waals surface area contributed by atoms with E-state index >= 15 is 0 Å². The minimum atomic E-state index is -3.30. The van der Waals surface area contributed by atoms with Crippen LogP contribution in [0.1, 0.15) is 43.7 Å². The molecule has 0 amide bonds. The van der Waals surface area contributed by atoms with Crippen LogP contribution in [-0.4, -0.2) is 20.1 Å². The van der Waals surface area contributed by atoms with Crippen molar-refractivity contribution < 1.29 is 13.5 Å². The molecule has 0 aliphatic heterocycles. The van der Waals surface area contributed by atoms with E-state index in [-0.39, 0.29) is 12.4 Å². The Labute approximate surface area is 127 Å². The molecule has 1 aliphatic carbocycles. The van der Waals surface area contributed by atoms with Crippen LogP contribution in [0.15, 0.2) is 24.3 Å². The highest BCUT2D eigenvalue weighted by molar-refractivity contribution is 7.88. The molecule has 0 unspecified atom stereocenters. The largest absolute Gasteiger partial charge is 0.392 e. The summed E-state index contributed by atoms with van der Waals surface area (Å²) in [7, 11) is -3.30. The molecule has 1 aromatic rings. The fraction of sp³-hybridized carbons (Fsp3) is 0.625. The molecule has 5 heteroatoms. The van der Waals surface area contributed by atoms with Gasteiger partial charge in [-0.2, -0.15) is 0 Å². The van der Waals surface area contributed by atoms with Gasteiger partial charge in [0.15, 0.2) is 0 Å². The standard InChI is InChI=1S/C16H25NO3S/c1-13-5-7-14(8-6-13)10-17-21(19,20)12-16-4-2-3-15(9-16)11-18/h2-4,9,13-14,17-18H,5-8,10-12H2,1H3. The maximum Gasteiger partial charge on any atom is 0.215 e. The summed E-state index contributed by atoms with van der Waals surface area (Å²) in [5, 5.41) is 9.09. The van der Waals surface area contributed by atoms with Crippen LogP contribution in [0.25, 0.3) is 0 Å². The predicted molar refractivity (Wildman–Crippen MR) is 84.1 cm³/mol. The molecule has 0 atom stereocenters. The summed E-state index contributed by atoms with van der Waals surface area (Å²) in [6, 6.07) is 7.08. The highest BCUT2D eigenvalue weighted by Crippen LogP contribution is 2.27. The van der Waals surface area contributed by atoms with Crippen molar-refractivity contribution in [3.8, 4) is 0 Å². The van der Waals surface area contributed by atoms with Crippen molar-refractivity contribution in [3.05, 3.63) is 35.4 Å². The number of hydrogen-bond donors (Lipinski definition) is 2. The van der Waals surface area contributed by atoms with E-state index in [9.17, 15) is 8.42 Å². The molecule has 1 fully saturated rings. The molecular formula is C16H25NO3S. The molecule has 0 aromatic heterocycles. The van der Waals surface area contributed by atoms with E-state index in [2.05, 4.69) is 11.6 Å². The van der Waals surface area contributed by atoms with Gasteiger partial charge in [0.25, 0.3) is 0 Å². The molecule has 0 radical (unpaired) electrons. The number of sulfonamides is 1. The first-order valence-electron chi connectivity index (χ1n) is 7.64. The minimum Gasteiger partial charge on any atom is -0.392 e. The lowest BCUT2D eigenvalue weighted by atomic mass is 9.83. The lowest BCUT2D eigenvalue weighted by Gasteiger charge is -2.26. The average Bonchev–Trinajstić information content (AvgIpc) is 2.46. The van der Waals surface area contributed by atoms with Crippen molar-refractivity contribution >= 4 is 10.0 Å². The summed E-state index contributed by atoms with van der Waals surface area (Å²) in [6.07, 6.45) is 4.63. The molecule has 0 heterocycles. The molecule has 1 saturated carbocycles. The average molecular weight is 311 g/mol. The van der Waals surface area contributed by atoms with Gasteiger partial charge in [-0.25, -0.2) is 13.1 Å². The van der Waals surface area contributed by atoms with Crippen molar-refractivity contribution in [1.29, 1.82) is 0 Å². The zero-order chi connectivity index (χ0) is 15.3. The lowest BCUT2D eigenvalue weighted by molar-refractivity contribution is 0.281. The molecule has 118 valence electrons. The van der Waals surface area contributed by atoms with E-state index in [1.54, 1.807) is 24.3 Å². The van der Waals surface area contributed by atoms with Gasteiger partial charge in [0.2, 0.25) is 10.0 Å². The fourth-order valence-corrected chi connectivity index (χ4v) is 4.08. The van der Waals surface area contributed by atoms with Gasteiger partial charge in [0.05, 0.1) is 12.4 Å². The van der Waals surface area contributed by atoms with Crippen LogP contribution >= 0.6 is 0 Å². The second-order valence-electron chi connectivity index (χ2n) is 6.21. The number of aliphatic hydroxyl groups excluding tert-OH is 1. The maximum atomic E-state index is 12.1. The zero-order valence-corrected chi connectivity index (χ0v) is 13.4. The van der Waals surface area contributed by atoms with Gasteiger partial charge >= 0.3 is 0 Å². The molecule has 0 bridgehead atoms. The van der Waals surface area contributed by atoms with Crippen molar-refractivity contribution in [3.63, 3.8) is 0 Å². The van der Waals surface area contributed by atoms with Crippen molar-refractivity contribution in [2.75, 3.05) is 6.54 Å². The number of aliphatic hydroxyl groups is 1. The van der Waals surface area contributed by atoms with Crippen LogP contribution in [0, 0.1) is 11.8 Å². The van der Waals surface area contributed by atoms with Gasteiger partial charge in [0, 0.05) is 6.54 Å². The quantitative estimate of drug-likeness (QED) is 0.848. The number of hydrogen-bond acceptors (Lipinski definition) is 3. The molecule has 2 N–H and O–H groups in total. The number of rotatable bonds is 6. The molecule has 0 spiro atoms. The topological polar surface area (TPSA) is 66.4 Å². The summed E-state index contributed by atoms with van der Waals surface area (Å²) in [5.74, 6) is 1.23.